The van der Waals surface area contributed by atoms with Gasteiger partial charge in [-0.05, 0) is 32.6 Å². The van der Waals surface area contributed by atoms with Crippen LogP contribution in [0, 0.1) is 12.3 Å². The van der Waals surface area contributed by atoms with E-state index in [1.54, 1.807) is 11.8 Å². The van der Waals surface area contributed by atoms with Crippen molar-refractivity contribution in [3.8, 4) is 0 Å². The third kappa shape index (κ3) is 3.32. The molecule has 8 nitrogen and oxygen atoms in total. The maximum absolute atomic E-state index is 12.9. The fourth-order valence-electron chi connectivity index (χ4n) is 4.08. The number of carbonyl (C=O) groups is 2. The standard InChI is InChI=1S/C18H26N4O4/c1-3-7-20-8-4-5-18(16(20)25)6-9-21(12-18)14(23)11-22-10-13(2)15(24)19-17(22)26/h10H,3-9,11-12H2,1-2H3,(H,19,24,26). The van der Waals surface area contributed by atoms with E-state index in [1.807, 2.05) is 4.90 Å². The number of carbonyl (C=O) groups excluding carboxylic acids is 2. The van der Waals surface area contributed by atoms with Crippen molar-refractivity contribution >= 4 is 11.8 Å². The van der Waals surface area contributed by atoms with Crippen LogP contribution >= 0.6 is 0 Å². The first-order valence-corrected chi connectivity index (χ1v) is 9.24. The zero-order valence-electron chi connectivity index (χ0n) is 15.4. The fourth-order valence-corrected chi connectivity index (χ4v) is 4.08. The minimum Gasteiger partial charge on any atom is -0.342 e. The van der Waals surface area contributed by atoms with E-state index >= 15 is 0 Å². The van der Waals surface area contributed by atoms with Crippen molar-refractivity contribution in [1.29, 1.82) is 0 Å². The lowest BCUT2D eigenvalue weighted by atomic mass is 9.78. The monoisotopic (exact) mass is 362 g/mol. The summed E-state index contributed by atoms with van der Waals surface area (Å²) in [5.74, 6) is -0.0335. The second-order valence-corrected chi connectivity index (χ2v) is 7.44. The predicted octanol–water partition coefficient (Wildman–Crippen LogP) is 0.0961. The van der Waals surface area contributed by atoms with Crippen LogP contribution in [-0.4, -0.2) is 57.3 Å². The summed E-state index contributed by atoms with van der Waals surface area (Å²) < 4.78 is 1.22. The Hall–Kier alpha value is -2.38. The van der Waals surface area contributed by atoms with Gasteiger partial charge in [-0.3, -0.25) is 23.9 Å². The average Bonchev–Trinajstić information content (AvgIpc) is 3.02. The molecule has 26 heavy (non-hydrogen) atoms. The van der Waals surface area contributed by atoms with Crippen LogP contribution in [0.25, 0.3) is 0 Å². The molecule has 2 fully saturated rings. The molecule has 0 saturated carbocycles. The Kier molecular flexibility index (Phi) is 5.02. The quantitative estimate of drug-likeness (QED) is 0.821. The largest absolute Gasteiger partial charge is 0.342 e. The molecule has 8 heteroatoms. The Balaban J connectivity index is 1.71. The molecule has 1 N–H and O–H groups in total. The van der Waals surface area contributed by atoms with Crippen LogP contribution in [0.3, 0.4) is 0 Å². The highest BCUT2D eigenvalue weighted by Gasteiger charge is 2.49. The topological polar surface area (TPSA) is 95.5 Å². The number of amides is 2. The lowest BCUT2D eigenvalue weighted by molar-refractivity contribution is -0.146. The molecule has 0 aromatic carbocycles. The van der Waals surface area contributed by atoms with Crippen LogP contribution in [0.4, 0.5) is 0 Å². The Bertz CT molecular complexity index is 825. The molecule has 2 aliphatic heterocycles. The highest BCUT2D eigenvalue weighted by Crippen LogP contribution is 2.40. The number of likely N-dealkylation sites (tertiary alicyclic amines) is 2. The highest BCUT2D eigenvalue weighted by molar-refractivity contribution is 5.86. The number of piperidine rings is 1. The van der Waals surface area contributed by atoms with Crippen molar-refractivity contribution < 1.29 is 9.59 Å². The molecule has 0 radical (unpaired) electrons. The molecule has 0 bridgehead atoms. The van der Waals surface area contributed by atoms with E-state index in [4.69, 9.17) is 0 Å². The van der Waals surface area contributed by atoms with Gasteiger partial charge in [0.25, 0.3) is 5.56 Å². The zero-order valence-corrected chi connectivity index (χ0v) is 15.4. The van der Waals surface area contributed by atoms with Crippen molar-refractivity contribution in [3.05, 3.63) is 32.6 Å². The van der Waals surface area contributed by atoms with Crippen molar-refractivity contribution in [2.45, 2.75) is 46.1 Å². The number of aromatic amines is 1. The molecular formula is C18H26N4O4. The number of hydrogen-bond acceptors (Lipinski definition) is 4. The van der Waals surface area contributed by atoms with Gasteiger partial charge in [0.2, 0.25) is 11.8 Å². The third-order valence-corrected chi connectivity index (χ3v) is 5.52. The number of aromatic nitrogens is 2. The van der Waals surface area contributed by atoms with E-state index in [2.05, 4.69) is 11.9 Å². The summed E-state index contributed by atoms with van der Waals surface area (Å²) in [5.41, 5.74) is -1.11. The van der Waals surface area contributed by atoms with Crippen LogP contribution in [0.1, 0.15) is 38.2 Å². The predicted molar refractivity (Wildman–Crippen MR) is 95.8 cm³/mol. The van der Waals surface area contributed by atoms with E-state index in [0.29, 0.717) is 25.1 Å². The lowest BCUT2D eigenvalue weighted by Crippen LogP contribution is -2.50. The van der Waals surface area contributed by atoms with E-state index in [9.17, 15) is 19.2 Å². The van der Waals surface area contributed by atoms with Gasteiger partial charge in [0.15, 0.2) is 0 Å². The van der Waals surface area contributed by atoms with Gasteiger partial charge in [-0.1, -0.05) is 6.92 Å². The summed E-state index contributed by atoms with van der Waals surface area (Å²) in [6.45, 7) is 6.04. The summed E-state index contributed by atoms with van der Waals surface area (Å²) in [7, 11) is 0. The highest BCUT2D eigenvalue weighted by atomic mass is 16.2. The van der Waals surface area contributed by atoms with E-state index in [1.165, 1.54) is 10.8 Å². The second-order valence-electron chi connectivity index (χ2n) is 7.44. The van der Waals surface area contributed by atoms with Gasteiger partial charge < -0.3 is 9.80 Å². The molecule has 142 valence electrons. The van der Waals surface area contributed by atoms with Crippen LogP contribution in [0.15, 0.2) is 15.8 Å². The van der Waals surface area contributed by atoms with Crippen LogP contribution in [-0.2, 0) is 16.1 Å². The number of nitrogens with zero attached hydrogens (tertiary/aromatic N) is 3. The molecule has 1 aromatic heterocycles. The molecule has 1 unspecified atom stereocenters. The first-order valence-electron chi connectivity index (χ1n) is 9.24. The van der Waals surface area contributed by atoms with Crippen LogP contribution in [0.5, 0.6) is 0 Å². The normalized spacial score (nSPS) is 23.1. The molecule has 2 saturated heterocycles. The number of nitrogens with one attached hydrogen (secondary N) is 1. The second kappa shape index (κ2) is 7.09. The molecule has 2 aliphatic rings. The number of rotatable bonds is 4. The zero-order chi connectivity index (χ0) is 18.9. The smallest absolute Gasteiger partial charge is 0.328 e. The van der Waals surface area contributed by atoms with Gasteiger partial charge in [0.1, 0.15) is 6.54 Å². The van der Waals surface area contributed by atoms with E-state index in [-0.39, 0.29) is 18.4 Å². The van der Waals surface area contributed by atoms with E-state index < -0.39 is 16.7 Å². The minimum absolute atomic E-state index is 0.126. The number of aryl methyl sites for hydroxylation is 1. The first-order chi connectivity index (χ1) is 12.4. The molecule has 0 aliphatic carbocycles. The maximum atomic E-state index is 12.9. The van der Waals surface area contributed by atoms with Gasteiger partial charge in [-0.25, -0.2) is 4.79 Å². The summed E-state index contributed by atoms with van der Waals surface area (Å²) >= 11 is 0. The van der Waals surface area contributed by atoms with Crippen molar-refractivity contribution in [2.75, 3.05) is 26.2 Å². The lowest BCUT2D eigenvalue weighted by Gasteiger charge is -2.39. The van der Waals surface area contributed by atoms with Gasteiger partial charge in [0, 0.05) is 37.9 Å². The summed E-state index contributed by atoms with van der Waals surface area (Å²) in [4.78, 5) is 54.7. The third-order valence-electron chi connectivity index (χ3n) is 5.52. The molecule has 3 rings (SSSR count). The Morgan fingerprint density at radius 3 is 2.73 bits per heavy atom. The van der Waals surface area contributed by atoms with Gasteiger partial charge in [-0.15, -0.1) is 0 Å². The van der Waals surface area contributed by atoms with Crippen LogP contribution in [0.2, 0.25) is 0 Å². The van der Waals surface area contributed by atoms with Crippen molar-refractivity contribution in [1.82, 2.24) is 19.4 Å². The van der Waals surface area contributed by atoms with Crippen molar-refractivity contribution in [2.24, 2.45) is 5.41 Å². The fraction of sp³-hybridized carbons (Fsp3) is 0.667. The average molecular weight is 362 g/mol. The summed E-state index contributed by atoms with van der Waals surface area (Å²) in [6, 6.07) is 0. The first kappa shape index (κ1) is 18.4. The van der Waals surface area contributed by atoms with Gasteiger partial charge >= 0.3 is 5.69 Å². The Labute approximate surface area is 151 Å². The van der Waals surface area contributed by atoms with Gasteiger partial charge in [-0.2, -0.15) is 0 Å². The van der Waals surface area contributed by atoms with E-state index in [0.717, 1.165) is 32.4 Å². The number of hydrogen-bond donors (Lipinski definition) is 1. The van der Waals surface area contributed by atoms with Gasteiger partial charge in [0.05, 0.1) is 5.41 Å². The SMILES string of the molecule is CCCN1CCCC2(CCN(C(=O)Cn3cc(C)c(=O)[nH]c3=O)C2)C1=O. The molecular weight excluding hydrogens is 336 g/mol. The molecule has 3 heterocycles. The molecule has 1 aromatic rings. The maximum Gasteiger partial charge on any atom is 0.328 e. The van der Waals surface area contributed by atoms with Crippen LogP contribution < -0.4 is 11.2 Å². The minimum atomic E-state index is -0.592. The Morgan fingerprint density at radius 2 is 2.00 bits per heavy atom. The molecule has 1 atom stereocenters. The molecule has 2 amide bonds. The molecule has 1 spiro atoms. The Morgan fingerprint density at radius 1 is 1.23 bits per heavy atom. The summed E-state index contributed by atoms with van der Waals surface area (Å²) in [6.07, 6.45) is 4.79. The number of H-pyrrole nitrogens is 1. The summed E-state index contributed by atoms with van der Waals surface area (Å²) in [5, 5.41) is 0. The van der Waals surface area contributed by atoms with Crippen molar-refractivity contribution in [3.63, 3.8) is 0 Å².